The van der Waals surface area contributed by atoms with Crippen LogP contribution in [-0.4, -0.2) is 28.5 Å². The maximum Gasteiger partial charge on any atom is 0.434 e. The molecule has 0 aromatic carbocycles. The second kappa shape index (κ2) is 7.57. The lowest BCUT2D eigenvalue weighted by atomic mass is 10.4. The van der Waals surface area contributed by atoms with E-state index in [4.69, 9.17) is 5.73 Å². The Morgan fingerprint density at radius 1 is 1.25 bits per heavy atom. The van der Waals surface area contributed by atoms with Gasteiger partial charge >= 0.3 is 12.2 Å². The number of aromatic nitrogens is 2. The Hall–Kier alpha value is -2.21. The van der Waals surface area contributed by atoms with Crippen LogP contribution in [0, 0.1) is 0 Å². The zero-order valence-electron chi connectivity index (χ0n) is 12.0. The number of alkyl halides is 3. The minimum Gasteiger partial charge on any atom is -0.365 e. The first kappa shape index (κ1) is 18.1. The number of nitrogens with zero attached hydrogens (tertiary/aromatic N) is 2. The topological polar surface area (TPSA) is 110 Å². The van der Waals surface area contributed by atoms with E-state index in [2.05, 4.69) is 20.6 Å². The van der Waals surface area contributed by atoms with E-state index in [0.717, 1.165) is 28.1 Å². The van der Waals surface area contributed by atoms with Gasteiger partial charge in [-0.1, -0.05) is 0 Å². The molecule has 7 nitrogen and oxygen atoms in total. The van der Waals surface area contributed by atoms with E-state index in [1.807, 2.05) is 0 Å². The number of carbonyl (C=O) groups is 2. The third kappa shape index (κ3) is 5.16. The van der Waals surface area contributed by atoms with Crippen molar-refractivity contribution in [2.45, 2.75) is 19.1 Å². The number of hydrogen-bond acceptors (Lipinski definition) is 6. The Kier molecular flexibility index (Phi) is 5.72. The molecule has 24 heavy (non-hydrogen) atoms. The minimum absolute atomic E-state index is 0.110. The van der Waals surface area contributed by atoms with Crippen molar-refractivity contribution in [1.29, 1.82) is 0 Å². The summed E-state index contributed by atoms with van der Waals surface area (Å²) in [6.45, 7) is 0.250. The van der Waals surface area contributed by atoms with Crippen LogP contribution in [0.4, 0.5) is 18.0 Å². The van der Waals surface area contributed by atoms with Gasteiger partial charge in [0.1, 0.15) is 9.88 Å². The number of primary amides is 1. The van der Waals surface area contributed by atoms with E-state index in [0.29, 0.717) is 5.01 Å². The predicted molar refractivity (Wildman–Crippen MR) is 81.7 cm³/mol. The van der Waals surface area contributed by atoms with Crippen molar-refractivity contribution in [3.8, 4) is 0 Å². The quantitative estimate of drug-likeness (QED) is 0.710. The predicted octanol–water partition coefficient (Wildman–Crippen LogP) is 1.76. The number of rotatable bonds is 6. The van der Waals surface area contributed by atoms with Gasteiger partial charge in [0.25, 0.3) is 5.91 Å². The summed E-state index contributed by atoms with van der Waals surface area (Å²) in [7, 11) is 0. The molecule has 2 aromatic rings. The van der Waals surface area contributed by atoms with Crippen LogP contribution in [0.15, 0.2) is 11.6 Å². The molecule has 0 bridgehead atoms. The van der Waals surface area contributed by atoms with Gasteiger partial charge in [-0.15, -0.1) is 22.7 Å². The molecule has 0 aliphatic rings. The second-order valence-corrected chi connectivity index (χ2v) is 6.52. The summed E-state index contributed by atoms with van der Waals surface area (Å²) in [4.78, 5) is 30.2. The third-order valence-corrected chi connectivity index (χ3v) is 4.58. The molecule has 0 aliphatic carbocycles. The first-order chi connectivity index (χ1) is 11.3. The Labute approximate surface area is 142 Å². The highest BCUT2D eigenvalue weighted by molar-refractivity contribution is 7.13. The van der Waals surface area contributed by atoms with Gasteiger partial charge in [0.2, 0.25) is 0 Å². The average molecular weight is 379 g/mol. The number of carbonyl (C=O) groups excluding carboxylic acids is 2. The number of amides is 3. The van der Waals surface area contributed by atoms with Crippen LogP contribution in [0.2, 0.25) is 0 Å². The van der Waals surface area contributed by atoms with Gasteiger partial charge in [0.15, 0.2) is 5.69 Å². The number of urea groups is 1. The summed E-state index contributed by atoms with van der Waals surface area (Å²) in [6, 6.07) is -0.501. The molecule has 12 heteroatoms. The summed E-state index contributed by atoms with van der Waals surface area (Å²) >= 11 is 1.95. The smallest absolute Gasteiger partial charge is 0.365 e. The first-order valence-corrected chi connectivity index (χ1v) is 8.23. The molecule has 2 heterocycles. The van der Waals surface area contributed by atoms with Crippen LogP contribution in [0.5, 0.6) is 0 Å². The fourth-order valence-electron chi connectivity index (χ4n) is 1.56. The van der Waals surface area contributed by atoms with Crippen molar-refractivity contribution in [3.63, 3.8) is 0 Å². The highest BCUT2D eigenvalue weighted by Crippen LogP contribution is 2.29. The van der Waals surface area contributed by atoms with Crippen LogP contribution in [-0.2, 0) is 19.1 Å². The summed E-state index contributed by atoms with van der Waals surface area (Å²) in [5.74, 6) is -0.593. The fourth-order valence-corrected chi connectivity index (χ4v) is 3.08. The minimum atomic E-state index is -4.46. The molecule has 0 aliphatic heterocycles. The molecule has 0 fully saturated rings. The van der Waals surface area contributed by atoms with Gasteiger partial charge in [-0.25, -0.2) is 14.8 Å². The van der Waals surface area contributed by atoms with Crippen molar-refractivity contribution in [1.82, 2.24) is 20.6 Å². The molecule has 0 atom stereocenters. The normalized spacial score (nSPS) is 11.3. The van der Waals surface area contributed by atoms with Crippen molar-refractivity contribution in [2.24, 2.45) is 5.73 Å². The first-order valence-electron chi connectivity index (χ1n) is 6.53. The van der Waals surface area contributed by atoms with Crippen LogP contribution in [0.3, 0.4) is 0 Å². The lowest BCUT2D eigenvalue weighted by molar-refractivity contribution is -0.140. The molecule has 0 spiro atoms. The van der Waals surface area contributed by atoms with E-state index in [1.165, 1.54) is 6.20 Å². The SMILES string of the molecule is NC(=O)c1cnc(CNC(=O)NCCc2nc(C(F)(F)F)cs2)s1. The van der Waals surface area contributed by atoms with Crippen molar-refractivity contribution in [3.05, 3.63) is 32.2 Å². The molecule has 130 valence electrons. The number of hydrogen-bond donors (Lipinski definition) is 3. The van der Waals surface area contributed by atoms with Crippen LogP contribution in [0.25, 0.3) is 0 Å². The molecule has 4 N–H and O–H groups in total. The lowest BCUT2D eigenvalue weighted by Crippen LogP contribution is -2.36. The van der Waals surface area contributed by atoms with E-state index in [-0.39, 0.29) is 29.4 Å². The number of halogens is 3. The summed E-state index contributed by atoms with van der Waals surface area (Å²) in [6.07, 6.45) is -2.95. The van der Waals surface area contributed by atoms with Gasteiger partial charge in [0.05, 0.1) is 17.7 Å². The Balaban J connectivity index is 1.71. The Morgan fingerprint density at radius 3 is 2.58 bits per heavy atom. The van der Waals surface area contributed by atoms with Gasteiger partial charge in [-0.3, -0.25) is 4.79 Å². The molecular formula is C12H12F3N5O2S2. The maximum atomic E-state index is 12.4. The van der Waals surface area contributed by atoms with Crippen molar-refractivity contribution < 1.29 is 22.8 Å². The third-order valence-electron chi connectivity index (χ3n) is 2.66. The summed E-state index contributed by atoms with van der Waals surface area (Å²) in [5, 5.41) is 6.75. The van der Waals surface area contributed by atoms with E-state index < -0.39 is 23.8 Å². The number of nitrogens with one attached hydrogen (secondary N) is 2. The van der Waals surface area contributed by atoms with Crippen molar-refractivity contribution >= 4 is 34.6 Å². The summed E-state index contributed by atoms with van der Waals surface area (Å²) in [5.41, 5.74) is 4.16. The molecule has 2 aromatic heterocycles. The Morgan fingerprint density at radius 2 is 2.00 bits per heavy atom. The Bertz CT molecular complexity index is 728. The molecule has 0 saturated heterocycles. The molecule has 3 amide bonds. The number of nitrogens with two attached hydrogens (primary N) is 1. The fraction of sp³-hybridized carbons (Fsp3) is 0.333. The van der Waals surface area contributed by atoms with Crippen LogP contribution in [0.1, 0.15) is 25.4 Å². The van der Waals surface area contributed by atoms with E-state index in [1.54, 1.807) is 0 Å². The zero-order valence-corrected chi connectivity index (χ0v) is 13.6. The molecular weight excluding hydrogens is 367 g/mol. The van der Waals surface area contributed by atoms with Gasteiger partial charge in [0, 0.05) is 18.3 Å². The van der Waals surface area contributed by atoms with Crippen molar-refractivity contribution in [2.75, 3.05) is 6.54 Å². The standard InChI is InChI=1S/C12H12F3N5O2S2/c13-12(14,15)7-5-23-8(20-7)1-2-17-11(22)19-4-9-18-3-6(24-9)10(16)21/h3,5H,1-2,4H2,(H2,16,21)(H2,17,19,22). The monoisotopic (exact) mass is 379 g/mol. The largest absolute Gasteiger partial charge is 0.434 e. The number of thiazole rings is 2. The van der Waals surface area contributed by atoms with E-state index in [9.17, 15) is 22.8 Å². The van der Waals surface area contributed by atoms with Crippen LogP contribution >= 0.6 is 22.7 Å². The molecule has 0 unspecified atom stereocenters. The maximum absolute atomic E-state index is 12.4. The summed E-state index contributed by atoms with van der Waals surface area (Å²) < 4.78 is 37.2. The van der Waals surface area contributed by atoms with Gasteiger partial charge in [-0.2, -0.15) is 13.2 Å². The lowest BCUT2D eigenvalue weighted by Gasteiger charge is -2.05. The van der Waals surface area contributed by atoms with Gasteiger partial charge in [-0.05, 0) is 0 Å². The second-order valence-electron chi connectivity index (χ2n) is 4.47. The molecule has 0 radical (unpaired) electrons. The molecule has 2 rings (SSSR count). The zero-order chi connectivity index (χ0) is 17.7. The highest BCUT2D eigenvalue weighted by Gasteiger charge is 2.33. The average Bonchev–Trinajstić information content (AvgIpc) is 3.13. The van der Waals surface area contributed by atoms with E-state index >= 15 is 0 Å². The van der Waals surface area contributed by atoms with Gasteiger partial charge < -0.3 is 16.4 Å². The highest BCUT2D eigenvalue weighted by atomic mass is 32.1. The molecule has 0 saturated carbocycles. The van der Waals surface area contributed by atoms with Crippen LogP contribution < -0.4 is 16.4 Å².